The fourth-order valence-electron chi connectivity index (χ4n) is 2.62. The largest absolute Gasteiger partial charge is 0.348 e. The zero-order valence-electron chi connectivity index (χ0n) is 12.8. The molecule has 112 valence electrons. The van der Waals surface area contributed by atoms with Crippen LogP contribution in [-0.2, 0) is 6.54 Å². The Morgan fingerprint density at radius 1 is 1.19 bits per heavy atom. The zero-order chi connectivity index (χ0) is 14.7. The maximum absolute atomic E-state index is 4.94. The van der Waals surface area contributed by atoms with Crippen LogP contribution < -0.4 is 10.2 Å². The standard InChI is InChI=1S/C17H23N3S/c1-13(2)18-12-15-16(14-8-4-3-5-9-14)19-17(21-15)20-10-6-7-11-20/h3-5,8-9,13,18H,6-7,10-12H2,1-2H3. The summed E-state index contributed by atoms with van der Waals surface area (Å²) in [5, 5.41) is 4.71. The van der Waals surface area contributed by atoms with Crippen molar-refractivity contribution in [2.45, 2.75) is 39.3 Å². The fourth-order valence-corrected chi connectivity index (χ4v) is 3.71. The van der Waals surface area contributed by atoms with Gasteiger partial charge in [0.15, 0.2) is 5.13 Å². The van der Waals surface area contributed by atoms with E-state index in [1.165, 1.54) is 28.4 Å². The molecule has 1 aromatic heterocycles. The molecule has 1 fully saturated rings. The smallest absolute Gasteiger partial charge is 0.186 e. The van der Waals surface area contributed by atoms with Gasteiger partial charge in [-0.1, -0.05) is 55.5 Å². The van der Waals surface area contributed by atoms with Crippen LogP contribution in [-0.4, -0.2) is 24.1 Å². The van der Waals surface area contributed by atoms with Gasteiger partial charge in [0.25, 0.3) is 0 Å². The highest BCUT2D eigenvalue weighted by Crippen LogP contribution is 2.34. The average molecular weight is 301 g/mol. The Labute approximate surface area is 131 Å². The first-order valence-electron chi connectivity index (χ1n) is 7.77. The Kier molecular flexibility index (Phi) is 4.56. The minimum absolute atomic E-state index is 0.492. The van der Waals surface area contributed by atoms with Gasteiger partial charge >= 0.3 is 0 Å². The van der Waals surface area contributed by atoms with Crippen molar-refractivity contribution in [3.05, 3.63) is 35.2 Å². The monoisotopic (exact) mass is 301 g/mol. The van der Waals surface area contributed by atoms with Crippen LogP contribution in [0.2, 0.25) is 0 Å². The number of benzene rings is 1. The van der Waals surface area contributed by atoms with Crippen LogP contribution in [0.5, 0.6) is 0 Å². The molecule has 3 nitrogen and oxygen atoms in total. The van der Waals surface area contributed by atoms with Crippen molar-refractivity contribution in [3.8, 4) is 11.3 Å². The van der Waals surface area contributed by atoms with E-state index in [2.05, 4.69) is 54.4 Å². The van der Waals surface area contributed by atoms with Crippen molar-refractivity contribution in [3.63, 3.8) is 0 Å². The predicted molar refractivity (Wildman–Crippen MR) is 91.0 cm³/mol. The van der Waals surface area contributed by atoms with Crippen LogP contribution in [0.4, 0.5) is 5.13 Å². The lowest BCUT2D eigenvalue weighted by atomic mass is 10.1. The Morgan fingerprint density at radius 2 is 1.90 bits per heavy atom. The van der Waals surface area contributed by atoms with E-state index in [4.69, 9.17) is 4.98 Å². The topological polar surface area (TPSA) is 28.2 Å². The van der Waals surface area contributed by atoms with Crippen molar-refractivity contribution in [1.82, 2.24) is 10.3 Å². The average Bonchev–Trinajstić information content (AvgIpc) is 3.15. The SMILES string of the molecule is CC(C)NCc1sc(N2CCCC2)nc1-c1ccccc1. The van der Waals surface area contributed by atoms with Gasteiger partial charge in [-0.05, 0) is 12.8 Å². The third kappa shape index (κ3) is 3.44. The molecule has 21 heavy (non-hydrogen) atoms. The van der Waals surface area contributed by atoms with Crippen molar-refractivity contribution in [1.29, 1.82) is 0 Å². The van der Waals surface area contributed by atoms with Crippen LogP contribution in [0.1, 0.15) is 31.6 Å². The summed E-state index contributed by atoms with van der Waals surface area (Å²) in [6.07, 6.45) is 2.58. The van der Waals surface area contributed by atoms with E-state index < -0.39 is 0 Å². The van der Waals surface area contributed by atoms with Gasteiger partial charge in [0.05, 0.1) is 5.69 Å². The van der Waals surface area contributed by atoms with Crippen molar-refractivity contribution in [2.24, 2.45) is 0 Å². The van der Waals surface area contributed by atoms with Gasteiger partial charge < -0.3 is 10.2 Å². The number of nitrogens with one attached hydrogen (secondary N) is 1. The van der Waals surface area contributed by atoms with E-state index in [-0.39, 0.29) is 0 Å². The maximum atomic E-state index is 4.94. The van der Waals surface area contributed by atoms with Crippen molar-refractivity contribution >= 4 is 16.5 Å². The minimum atomic E-state index is 0.492. The molecule has 0 atom stereocenters. The van der Waals surface area contributed by atoms with Crippen LogP contribution in [0.25, 0.3) is 11.3 Å². The molecule has 2 heterocycles. The third-order valence-corrected chi connectivity index (χ3v) is 4.90. The summed E-state index contributed by atoms with van der Waals surface area (Å²) in [6, 6.07) is 11.0. The molecule has 0 bridgehead atoms. The first-order chi connectivity index (χ1) is 10.2. The third-order valence-electron chi connectivity index (χ3n) is 3.78. The summed E-state index contributed by atoms with van der Waals surface area (Å²) < 4.78 is 0. The molecule has 0 amide bonds. The Bertz CT molecular complexity index is 571. The molecule has 1 N–H and O–H groups in total. The molecule has 0 unspecified atom stereocenters. The van der Waals surface area contributed by atoms with Crippen LogP contribution in [0.15, 0.2) is 30.3 Å². The molecular weight excluding hydrogens is 278 g/mol. The van der Waals surface area contributed by atoms with E-state index in [0.29, 0.717) is 6.04 Å². The highest BCUT2D eigenvalue weighted by Gasteiger charge is 2.19. The number of nitrogens with zero attached hydrogens (tertiary/aromatic N) is 2. The van der Waals surface area contributed by atoms with E-state index in [1.807, 2.05) is 11.3 Å². The van der Waals surface area contributed by atoms with Gasteiger partial charge in [-0.15, -0.1) is 0 Å². The highest BCUT2D eigenvalue weighted by atomic mass is 32.1. The quantitative estimate of drug-likeness (QED) is 0.907. The normalized spacial score (nSPS) is 15.1. The lowest BCUT2D eigenvalue weighted by Crippen LogP contribution is -2.21. The zero-order valence-corrected chi connectivity index (χ0v) is 13.6. The van der Waals surface area contributed by atoms with Gasteiger partial charge in [0.1, 0.15) is 0 Å². The molecule has 3 rings (SSSR count). The van der Waals surface area contributed by atoms with Crippen LogP contribution >= 0.6 is 11.3 Å². The predicted octanol–water partition coefficient (Wildman–Crippen LogP) is 3.91. The Hall–Kier alpha value is -1.39. The first-order valence-corrected chi connectivity index (χ1v) is 8.59. The molecule has 1 aliphatic heterocycles. The van der Waals surface area contributed by atoms with E-state index >= 15 is 0 Å². The molecule has 1 saturated heterocycles. The lowest BCUT2D eigenvalue weighted by molar-refractivity contribution is 0.593. The van der Waals surface area contributed by atoms with Crippen LogP contribution in [0.3, 0.4) is 0 Å². The molecule has 0 radical (unpaired) electrons. The molecule has 0 aliphatic carbocycles. The molecule has 0 spiro atoms. The minimum Gasteiger partial charge on any atom is -0.348 e. The maximum Gasteiger partial charge on any atom is 0.186 e. The second-order valence-corrected chi connectivity index (χ2v) is 6.93. The summed E-state index contributed by atoms with van der Waals surface area (Å²) in [5.74, 6) is 0. The molecule has 2 aromatic rings. The number of hydrogen-bond donors (Lipinski definition) is 1. The molecule has 1 aliphatic rings. The summed E-state index contributed by atoms with van der Waals surface area (Å²) >= 11 is 1.85. The second kappa shape index (κ2) is 6.58. The number of hydrogen-bond acceptors (Lipinski definition) is 4. The van der Waals surface area contributed by atoms with Gasteiger partial charge in [-0.3, -0.25) is 0 Å². The highest BCUT2D eigenvalue weighted by molar-refractivity contribution is 7.16. The summed E-state index contributed by atoms with van der Waals surface area (Å²) in [5.41, 5.74) is 2.37. The summed E-state index contributed by atoms with van der Waals surface area (Å²) in [4.78, 5) is 8.72. The van der Waals surface area contributed by atoms with E-state index in [1.54, 1.807) is 0 Å². The van der Waals surface area contributed by atoms with Crippen molar-refractivity contribution in [2.75, 3.05) is 18.0 Å². The number of aromatic nitrogens is 1. The van der Waals surface area contributed by atoms with Gasteiger partial charge in [-0.2, -0.15) is 0 Å². The number of anilines is 1. The first kappa shape index (κ1) is 14.5. The Morgan fingerprint density at radius 3 is 2.57 bits per heavy atom. The summed E-state index contributed by atoms with van der Waals surface area (Å²) in [7, 11) is 0. The van der Waals surface area contributed by atoms with Gasteiger partial charge in [-0.25, -0.2) is 4.98 Å². The Balaban J connectivity index is 1.91. The molecular formula is C17H23N3S. The van der Waals surface area contributed by atoms with E-state index in [0.717, 1.165) is 25.3 Å². The summed E-state index contributed by atoms with van der Waals surface area (Å²) in [6.45, 7) is 7.57. The molecule has 0 saturated carbocycles. The number of thiazole rings is 1. The van der Waals surface area contributed by atoms with Crippen LogP contribution in [0, 0.1) is 0 Å². The molecule has 4 heteroatoms. The van der Waals surface area contributed by atoms with Crippen molar-refractivity contribution < 1.29 is 0 Å². The second-order valence-electron chi connectivity index (χ2n) is 5.86. The molecule has 1 aromatic carbocycles. The lowest BCUT2D eigenvalue weighted by Gasteiger charge is -2.12. The fraction of sp³-hybridized carbons (Fsp3) is 0.471. The van der Waals surface area contributed by atoms with Gasteiger partial charge in [0, 0.05) is 36.1 Å². The van der Waals surface area contributed by atoms with E-state index in [9.17, 15) is 0 Å². The number of rotatable bonds is 5. The van der Waals surface area contributed by atoms with Gasteiger partial charge in [0.2, 0.25) is 0 Å².